The van der Waals surface area contributed by atoms with E-state index < -0.39 is 0 Å². The minimum Gasteiger partial charge on any atom is -0.371 e. The van der Waals surface area contributed by atoms with Gasteiger partial charge < -0.3 is 4.90 Å². The number of nitrogens with zero attached hydrogens (tertiary/aromatic N) is 3. The van der Waals surface area contributed by atoms with Crippen LogP contribution in [0.2, 0.25) is 0 Å². The van der Waals surface area contributed by atoms with Crippen LogP contribution in [-0.2, 0) is 0 Å². The maximum absolute atomic E-state index is 8.89. The van der Waals surface area contributed by atoms with E-state index in [9.17, 15) is 0 Å². The Morgan fingerprint density at radius 1 is 1.29 bits per heavy atom. The van der Waals surface area contributed by atoms with Gasteiger partial charge in [0.05, 0.1) is 0 Å². The molecule has 2 atom stereocenters. The van der Waals surface area contributed by atoms with Gasteiger partial charge in [-0.3, -0.25) is 0 Å². The van der Waals surface area contributed by atoms with Crippen LogP contribution < -0.4 is 4.90 Å². The zero-order valence-electron chi connectivity index (χ0n) is 9.97. The van der Waals surface area contributed by atoms with E-state index in [1.807, 2.05) is 12.1 Å². The van der Waals surface area contributed by atoms with Crippen LogP contribution in [0.25, 0.3) is 0 Å². The molecule has 1 saturated carbocycles. The van der Waals surface area contributed by atoms with Crippen molar-refractivity contribution in [2.75, 3.05) is 18.0 Å². The average molecular weight is 227 g/mol. The number of anilines is 1. The van der Waals surface area contributed by atoms with Crippen LogP contribution in [0.1, 0.15) is 31.4 Å². The molecule has 3 rings (SSSR count). The lowest BCUT2D eigenvalue weighted by molar-refractivity contribution is 0.231. The molecule has 3 nitrogen and oxygen atoms in total. The minimum absolute atomic E-state index is 0.526. The highest BCUT2D eigenvalue weighted by atomic mass is 15.1. The number of pyridine rings is 1. The Bertz CT molecular complexity index is 437. The van der Waals surface area contributed by atoms with E-state index in [1.54, 1.807) is 6.20 Å². The lowest BCUT2D eigenvalue weighted by Gasteiger charge is -2.42. The molecule has 0 amide bonds. The molecule has 2 bridgehead atoms. The van der Waals surface area contributed by atoms with Crippen LogP contribution in [-0.4, -0.2) is 18.1 Å². The number of fused-ring (bicyclic) bond motifs is 2. The highest BCUT2D eigenvalue weighted by Gasteiger charge is 2.30. The van der Waals surface area contributed by atoms with Crippen LogP contribution >= 0.6 is 0 Å². The standard InChI is InChI=1S/C14H17N3/c15-8-13-7-14(4-5-16-13)17-9-11-2-1-3-12(6-11)10-17/h4-5,7,11-12H,1-3,6,9-10H2. The SMILES string of the molecule is N#Cc1cc(N2CC3CCCC(C3)C2)ccn1. The summed E-state index contributed by atoms with van der Waals surface area (Å²) in [6, 6.07) is 6.07. The van der Waals surface area contributed by atoms with Crippen molar-refractivity contribution in [3.05, 3.63) is 24.0 Å². The van der Waals surface area contributed by atoms with E-state index >= 15 is 0 Å². The first-order valence-corrected chi connectivity index (χ1v) is 6.46. The summed E-state index contributed by atoms with van der Waals surface area (Å²) in [7, 11) is 0. The Kier molecular flexibility index (Phi) is 2.72. The van der Waals surface area contributed by atoms with Gasteiger partial charge in [-0.25, -0.2) is 4.98 Å². The number of hydrogen-bond donors (Lipinski definition) is 0. The zero-order valence-corrected chi connectivity index (χ0v) is 9.97. The van der Waals surface area contributed by atoms with Crippen molar-refractivity contribution in [3.8, 4) is 6.07 Å². The Labute approximate surface area is 102 Å². The molecule has 2 fully saturated rings. The molecule has 0 N–H and O–H groups in total. The largest absolute Gasteiger partial charge is 0.371 e. The lowest BCUT2D eigenvalue weighted by Crippen LogP contribution is -2.42. The zero-order chi connectivity index (χ0) is 11.7. The predicted molar refractivity (Wildman–Crippen MR) is 66.6 cm³/mol. The fraction of sp³-hybridized carbons (Fsp3) is 0.571. The molecule has 1 aliphatic carbocycles. The van der Waals surface area contributed by atoms with E-state index in [1.165, 1.54) is 31.4 Å². The molecule has 88 valence electrons. The van der Waals surface area contributed by atoms with E-state index in [0.717, 1.165) is 24.9 Å². The molecular formula is C14H17N3. The van der Waals surface area contributed by atoms with Crippen LogP contribution in [0, 0.1) is 23.2 Å². The second kappa shape index (κ2) is 4.37. The van der Waals surface area contributed by atoms with Gasteiger partial charge in [-0.15, -0.1) is 0 Å². The first kappa shape index (κ1) is 10.6. The van der Waals surface area contributed by atoms with E-state index in [2.05, 4.69) is 16.0 Å². The Morgan fingerprint density at radius 3 is 2.76 bits per heavy atom. The van der Waals surface area contributed by atoms with Gasteiger partial charge in [0, 0.05) is 25.0 Å². The van der Waals surface area contributed by atoms with E-state index in [4.69, 9.17) is 5.26 Å². The maximum Gasteiger partial charge on any atom is 0.142 e. The van der Waals surface area contributed by atoms with Gasteiger partial charge in [-0.05, 0) is 43.2 Å². The highest BCUT2D eigenvalue weighted by molar-refractivity contribution is 5.49. The number of nitriles is 1. The summed E-state index contributed by atoms with van der Waals surface area (Å²) in [5.74, 6) is 1.72. The Morgan fingerprint density at radius 2 is 2.06 bits per heavy atom. The minimum atomic E-state index is 0.526. The van der Waals surface area contributed by atoms with Gasteiger partial charge >= 0.3 is 0 Å². The molecule has 2 aliphatic rings. The van der Waals surface area contributed by atoms with E-state index in [-0.39, 0.29) is 0 Å². The smallest absolute Gasteiger partial charge is 0.142 e. The first-order valence-electron chi connectivity index (χ1n) is 6.46. The highest BCUT2D eigenvalue weighted by Crippen LogP contribution is 2.36. The lowest BCUT2D eigenvalue weighted by atomic mass is 9.78. The molecule has 17 heavy (non-hydrogen) atoms. The third kappa shape index (κ3) is 2.12. The van der Waals surface area contributed by atoms with E-state index in [0.29, 0.717) is 5.69 Å². The number of rotatable bonds is 1. The van der Waals surface area contributed by atoms with Crippen LogP contribution in [0.4, 0.5) is 5.69 Å². The van der Waals surface area contributed by atoms with Crippen molar-refractivity contribution >= 4 is 5.69 Å². The summed E-state index contributed by atoms with van der Waals surface area (Å²) in [5.41, 5.74) is 1.70. The Hall–Kier alpha value is -1.56. The molecule has 1 aliphatic heterocycles. The molecule has 2 unspecified atom stereocenters. The number of hydrogen-bond acceptors (Lipinski definition) is 3. The van der Waals surface area contributed by atoms with Gasteiger partial charge in [0.25, 0.3) is 0 Å². The quantitative estimate of drug-likeness (QED) is 0.740. The molecule has 0 radical (unpaired) electrons. The first-order chi connectivity index (χ1) is 8.35. The molecule has 3 heteroatoms. The summed E-state index contributed by atoms with van der Waals surface area (Å²) in [5, 5.41) is 8.89. The topological polar surface area (TPSA) is 39.9 Å². The number of piperidine rings is 1. The third-order valence-electron chi connectivity index (χ3n) is 4.07. The number of aromatic nitrogens is 1. The second-order valence-corrected chi connectivity index (χ2v) is 5.31. The van der Waals surface area contributed by atoms with Crippen molar-refractivity contribution in [3.63, 3.8) is 0 Å². The summed E-state index contributed by atoms with van der Waals surface area (Å²) in [4.78, 5) is 6.48. The molecule has 2 heterocycles. The van der Waals surface area contributed by atoms with Crippen LogP contribution in [0.3, 0.4) is 0 Å². The second-order valence-electron chi connectivity index (χ2n) is 5.31. The normalized spacial score (nSPS) is 27.6. The van der Waals surface area contributed by atoms with Gasteiger partial charge in [-0.1, -0.05) is 6.42 Å². The summed E-state index contributed by atoms with van der Waals surface area (Å²) < 4.78 is 0. The summed E-state index contributed by atoms with van der Waals surface area (Å²) in [6.07, 6.45) is 7.32. The maximum atomic E-state index is 8.89. The summed E-state index contributed by atoms with van der Waals surface area (Å²) >= 11 is 0. The van der Waals surface area contributed by atoms with Crippen LogP contribution in [0.5, 0.6) is 0 Å². The van der Waals surface area contributed by atoms with Gasteiger partial charge in [0.15, 0.2) is 0 Å². The molecule has 1 saturated heterocycles. The average Bonchev–Trinajstić information content (AvgIpc) is 2.38. The fourth-order valence-corrected chi connectivity index (χ4v) is 3.32. The molecule has 0 spiro atoms. The van der Waals surface area contributed by atoms with Crippen molar-refractivity contribution in [1.82, 2.24) is 4.98 Å². The fourth-order valence-electron chi connectivity index (χ4n) is 3.32. The predicted octanol–water partition coefficient (Wildman–Crippen LogP) is 2.58. The van der Waals surface area contributed by atoms with Crippen molar-refractivity contribution in [1.29, 1.82) is 5.26 Å². The van der Waals surface area contributed by atoms with Gasteiger partial charge in [0.2, 0.25) is 0 Å². The summed E-state index contributed by atoms with van der Waals surface area (Å²) in [6.45, 7) is 2.32. The molecule has 1 aromatic rings. The third-order valence-corrected chi connectivity index (χ3v) is 4.07. The molecular weight excluding hydrogens is 210 g/mol. The van der Waals surface area contributed by atoms with Gasteiger partial charge in [0.1, 0.15) is 11.8 Å². The van der Waals surface area contributed by atoms with Crippen molar-refractivity contribution in [2.24, 2.45) is 11.8 Å². The Balaban J connectivity index is 1.82. The van der Waals surface area contributed by atoms with Gasteiger partial charge in [-0.2, -0.15) is 5.26 Å². The van der Waals surface area contributed by atoms with Crippen molar-refractivity contribution in [2.45, 2.75) is 25.7 Å². The molecule has 0 aromatic carbocycles. The van der Waals surface area contributed by atoms with Crippen LogP contribution in [0.15, 0.2) is 18.3 Å². The molecule has 1 aromatic heterocycles. The van der Waals surface area contributed by atoms with Crippen molar-refractivity contribution < 1.29 is 0 Å². The monoisotopic (exact) mass is 227 g/mol.